The van der Waals surface area contributed by atoms with E-state index in [4.69, 9.17) is 4.74 Å². The van der Waals surface area contributed by atoms with Crippen LogP contribution in [0.5, 0.6) is 5.75 Å². The number of amides is 1. The number of halogens is 2. The maximum atomic E-state index is 13.6. The molecule has 0 radical (unpaired) electrons. The van der Waals surface area contributed by atoms with Crippen molar-refractivity contribution in [2.24, 2.45) is 0 Å². The maximum absolute atomic E-state index is 13.6. The van der Waals surface area contributed by atoms with E-state index in [2.05, 4.69) is 5.32 Å². The van der Waals surface area contributed by atoms with Crippen molar-refractivity contribution >= 4 is 11.9 Å². The highest BCUT2D eigenvalue weighted by molar-refractivity contribution is 5.89. The largest absolute Gasteiger partial charge is 0.497 e. The first kappa shape index (κ1) is 24.3. The lowest BCUT2D eigenvalue weighted by atomic mass is 9.95. The van der Waals surface area contributed by atoms with Gasteiger partial charge in [-0.15, -0.1) is 0 Å². The number of hydrogen-bond acceptors (Lipinski definition) is 4. The number of rotatable bonds is 9. The van der Waals surface area contributed by atoms with Gasteiger partial charge in [-0.1, -0.05) is 12.1 Å². The average molecular weight is 434 g/mol. The van der Waals surface area contributed by atoms with Gasteiger partial charge in [0, 0.05) is 24.6 Å². The summed E-state index contributed by atoms with van der Waals surface area (Å²) in [5, 5.41) is 12.8. The summed E-state index contributed by atoms with van der Waals surface area (Å²) in [4.78, 5) is 26.0. The molecular weight excluding hydrogens is 406 g/mol. The minimum Gasteiger partial charge on any atom is -0.497 e. The molecule has 0 aliphatic heterocycles. The topological polar surface area (TPSA) is 78.9 Å². The van der Waals surface area contributed by atoms with Gasteiger partial charge >= 0.3 is 6.09 Å². The zero-order chi connectivity index (χ0) is 23.2. The first-order chi connectivity index (χ1) is 14.5. The third-order valence-corrected chi connectivity index (χ3v) is 4.73. The summed E-state index contributed by atoms with van der Waals surface area (Å²) < 4.78 is 32.5. The number of carbonyl (C=O) groups excluding carboxylic acids is 1. The Morgan fingerprint density at radius 2 is 1.74 bits per heavy atom. The van der Waals surface area contributed by atoms with Crippen LogP contribution in [0.3, 0.4) is 0 Å². The van der Waals surface area contributed by atoms with Crippen molar-refractivity contribution in [3.05, 3.63) is 65.2 Å². The molecule has 8 heteroatoms. The highest BCUT2D eigenvalue weighted by atomic mass is 19.1. The monoisotopic (exact) mass is 434 g/mol. The van der Waals surface area contributed by atoms with Gasteiger partial charge in [0.1, 0.15) is 17.4 Å². The molecular formula is C23H28F2N2O4. The van der Waals surface area contributed by atoms with Gasteiger partial charge < -0.3 is 15.2 Å². The molecule has 2 N–H and O–H groups in total. The smallest absolute Gasteiger partial charge is 0.408 e. The summed E-state index contributed by atoms with van der Waals surface area (Å²) >= 11 is 0. The van der Waals surface area contributed by atoms with E-state index in [9.17, 15) is 23.5 Å². The summed E-state index contributed by atoms with van der Waals surface area (Å²) in [7, 11) is 1.56. The number of ketones is 1. The van der Waals surface area contributed by atoms with Gasteiger partial charge in [0.05, 0.1) is 19.7 Å². The second kappa shape index (κ2) is 10.3. The fraction of sp³-hybridized carbons (Fsp3) is 0.391. The lowest BCUT2D eigenvalue weighted by Gasteiger charge is -2.39. The molecule has 2 aromatic carbocycles. The third-order valence-electron chi connectivity index (χ3n) is 4.73. The zero-order valence-corrected chi connectivity index (χ0v) is 18.1. The van der Waals surface area contributed by atoms with Crippen LogP contribution in [0.2, 0.25) is 0 Å². The number of Topliss-reactive ketones (excluding diaryl/α,β-unsaturated/α-hetero) is 1. The number of ether oxygens (including phenoxy) is 1. The van der Waals surface area contributed by atoms with Crippen molar-refractivity contribution < 1.29 is 28.2 Å². The highest BCUT2D eigenvalue weighted by Gasteiger charge is 2.37. The van der Waals surface area contributed by atoms with Gasteiger partial charge in [0.15, 0.2) is 5.78 Å². The van der Waals surface area contributed by atoms with E-state index >= 15 is 0 Å². The summed E-state index contributed by atoms with van der Waals surface area (Å²) in [6.45, 7) is 5.25. The Balaban J connectivity index is 2.21. The number of benzene rings is 2. The lowest BCUT2D eigenvalue weighted by Crippen LogP contribution is -2.56. The Labute approximate surface area is 180 Å². The maximum Gasteiger partial charge on any atom is 0.408 e. The molecule has 2 rings (SSSR count). The number of methoxy groups -OCH3 is 1. The van der Waals surface area contributed by atoms with Gasteiger partial charge in [-0.2, -0.15) is 0 Å². The van der Waals surface area contributed by atoms with E-state index < -0.39 is 35.1 Å². The summed E-state index contributed by atoms with van der Waals surface area (Å²) in [6.07, 6.45) is -1.42. The van der Waals surface area contributed by atoms with Crippen LogP contribution in [0.4, 0.5) is 13.6 Å². The zero-order valence-electron chi connectivity index (χ0n) is 18.1. The molecule has 0 unspecified atom stereocenters. The molecule has 0 fully saturated rings. The predicted octanol–water partition coefficient (Wildman–Crippen LogP) is 4.02. The number of nitrogens with zero attached hydrogens (tertiary/aromatic N) is 1. The SMILES string of the molecule is COc1cccc(CNCC(=O)[C@H](Cc2cc(F)cc(F)c2)N(C(=O)O)C(C)(C)C)c1. The van der Waals surface area contributed by atoms with Crippen molar-refractivity contribution in [2.45, 2.75) is 45.3 Å². The van der Waals surface area contributed by atoms with E-state index in [0.29, 0.717) is 12.3 Å². The number of carbonyl (C=O) groups is 2. The lowest BCUT2D eigenvalue weighted by molar-refractivity contribution is -0.124. The molecule has 0 aliphatic carbocycles. The average Bonchev–Trinajstić information content (AvgIpc) is 2.65. The van der Waals surface area contributed by atoms with E-state index in [1.165, 1.54) is 0 Å². The van der Waals surface area contributed by atoms with Crippen LogP contribution in [0.15, 0.2) is 42.5 Å². The van der Waals surface area contributed by atoms with Crippen LogP contribution in [-0.4, -0.2) is 47.1 Å². The molecule has 1 atom stereocenters. The quantitative estimate of drug-likeness (QED) is 0.623. The van der Waals surface area contributed by atoms with Crippen molar-refractivity contribution in [3.8, 4) is 5.75 Å². The highest BCUT2D eigenvalue weighted by Crippen LogP contribution is 2.22. The van der Waals surface area contributed by atoms with Crippen molar-refractivity contribution in [3.63, 3.8) is 0 Å². The Hall–Kier alpha value is -3.00. The minimum absolute atomic E-state index is 0.112. The van der Waals surface area contributed by atoms with Crippen LogP contribution in [0.1, 0.15) is 31.9 Å². The molecule has 0 saturated heterocycles. The van der Waals surface area contributed by atoms with Gasteiger partial charge in [-0.3, -0.25) is 9.69 Å². The summed E-state index contributed by atoms with van der Waals surface area (Å²) in [5.41, 5.74) is 0.200. The first-order valence-electron chi connectivity index (χ1n) is 9.85. The predicted molar refractivity (Wildman–Crippen MR) is 113 cm³/mol. The number of nitrogens with one attached hydrogen (secondary N) is 1. The van der Waals surface area contributed by atoms with Crippen molar-refractivity contribution in [1.82, 2.24) is 10.2 Å². The molecule has 0 heterocycles. The van der Waals surface area contributed by atoms with E-state index in [1.807, 2.05) is 18.2 Å². The fourth-order valence-electron chi connectivity index (χ4n) is 3.42. The molecule has 0 aromatic heterocycles. The van der Waals surface area contributed by atoms with Crippen LogP contribution < -0.4 is 10.1 Å². The van der Waals surface area contributed by atoms with Gasteiger partial charge in [0.25, 0.3) is 0 Å². The van der Waals surface area contributed by atoms with E-state index in [1.54, 1.807) is 33.9 Å². The molecule has 31 heavy (non-hydrogen) atoms. The van der Waals surface area contributed by atoms with Crippen LogP contribution in [0.25, 0.3) is 0 Å². The molecule has 0 aliphatic rings. The normalized spacial score (nSPS) is 12.3. The molecule has 0 spiro atoms. The van der Waals surface area contributed by atoms with Gasteiger partial charge in [0.2, 0.25) is 0 Å². The van der Waals surface area contributed by atoms with Crippen molar-refractivity contribution in [1.29, 1.82) is 0 Å². The Bertz CT molecular complexity index is 908. The molecule has 1 amide bonds. The molecule has 0 saturated carbocycles. The Kier molecular flexibility index (Phi) is 8.10. The molecule has 168 valence electrons. The van der Waals surface area contributed by atoms with E-state index in [-0.39, 0.29) is 18.5 Å². The summed E-state index contributed by atoms with van der Waals surface area (Å²) in [5.74, 6) is -1.28. The second-order valence-electron chi connectivity index (χ2n) is 8.24. The minimum atomic E-state index is -1.28. The standard InChI is InChI=1S/C23H28F2N2O4/c1-23(2,3)27(22(29)30)20(11-16-8-17(24)12-18(25)9-16)21(28)14-26-13-15-6-5-7-19(10-15)31-4/h5-10,12,20,26H,11,13-14H2,1-4H3,(H,29,30)/t20-/m0/s1. The van der Waals surface area contributed by atoms with Crippen LogP contribution >= 0.6 is 0 Å². The molecule has 0 bridgehead atoms. The van der Waals surface area contributed by atoms with Crippen LogP contribution in [-0.2, 0) is 17.8 Å². The molecule has 2 aromatic rings. The van der Waals surface area contributed by atoms with Gasteiger partial charge in [-0.05, 0) is 56.2 Å². The van der Waals surface area contributed by atoms with Crippen LogP contribution in [0, 0.1) is 11.6 Å². The number of hydrogen-bond donors (Lipinski definition) is 2. The Morgan fingerprint density at radius 1 is 1.10 bits per heavy atom. The Morgan fingerprint density at radius 3 is 2.29 bits per heavy atom. The van der Waals surface area contributed by atoms with Crippen molar-refractivity contribution in [2.75, 3.05) is 13.7 Å². The third kappa shape index (κ3) is 7.03. The molecule has 6 nitrogen and oxygen atoms in total. The second-order valence-corrected chi connectivity index (χ2v) is 8.24. The van der Waals surface area contributed by atoms with E-state index in [0.717, 1.165) is 28.7 Å². The first-order valence-corrected chi connectivity index (χ1v) is 9.85. The fourth-order valence-corrected chi connectivity index (χ4v) is 3.42. The summed E-state index contributed by atoms with van der Waals surface area (Å²) in [6, 6.07) is 9.15. The number of carboxylic acid groups (broad SMARTS) is 1. The van der Waals surface area contributed by atoms with Gasteiger partial charge in [-0.25, -0.2) is 13.6 Å².